The summed E-state index contributed by atoms with van der Waals surface area (Å²) in [5.74, 6) is -1.07. The van der Waals surface area contributed by atoms with Crippen molar-refractivity contribution in [2.75, 3.05) is 32.1 Å². The Kier molecular flexibility index (Phi) is 5.49. The molecule has 3 rings (SSSR count). The van der Waals surface area contributed by atoms with Gasteiger partial charge < -0.3 is 20.1 Å². The number of carbonyl (C=O) groups is 2. The van der Waals surface area contributed by atoms with Gasteiger partial charge in [0.1, 0.15) is 5.70 Å². The molecule has 9 nitrogen and oxygen atoms in total. The van der Waals surface area contributed by atoms with Crippen molar-refractivity contribution in [3.05, 3.63) is 35.5 Å². The molecule has 3 N–H and O–H groups in total. The minimum atomic E-state index is -3.56. The standard InChI is InChI=1S/C17H21N3O6S/c1-26-17(23)14-10-20(8-9-21)16(22)15(14)18-11-4-6-13(7-5-11)27(24,25)19-12-2-3-12/h4-7,12,18-19,21H,2-3,8-10H2,1H3. The van der Waals surface area contributed by atoms with Crippen LogP contribution >= 0.6 is 0 Å². The van der Waals surface area contributed by atoms with Crippen LogP contribution in [-0.2, 0) is 24.3 Å². The molecule has 1 fully saturated rings. The van der Waals surface area contributed by atoms with Gasteiger partial charge in [0.2, 0.25) is 10.0 Å². The van der Waals surface area contributed by atoms with Crippen molar-refractivity contribution in [2.24, 2.45) is 0 Å². The highest BCUT2D eigenvalue weighted by Crippen LogP contribution is 2.25. The van der Waals surface area contributed by atoms with E-state index in [-0.39, 0.29) is 41.9 Å². The Morgan fingerprint density at radius 3 is 2.52 bits per heavy atom. The molecule has 1 aromatic rings. The van der Waals surface area contributed by atoms with Gasteiger partial charge in [-0.1, -0.05) is 0 Å². The molecule has 2 aliphatic rings. The number of ether oxygens (including phenoxy) is 1. The second-order valence-electron chi connectivity index (χ2n) is 6.34. The number of hydrogen-bond acceptors (Lipinski definition) is 7. The van der Waals surface area contributed by atoms with Crippen LogP contribution in [0.2, 0.25) is 0 Å². The third kappa shape index (κ3) is 4.29. The lowest BCUT2D eigenvalue weighted by Gasteiger charge is -2.15. The molecular formula is C17H21N3O6S. The number of esters is 1. The fourth-order valence-electron chi connectivity index (χ4n) is 2.70. The normalized spacial score (nSPS) is 17.4. The zero-order valence-corrected chi connectivity index (χ0v) is 15.6. The van der Waals surface area contributed by atoms with Crippen LogP contribution in [-0.4, -0.2) is 63.1 Å². The Balaban J connectivity index is 1.79. The van der Waals surface area contributed by atoms with E-state index < -0.39 is 21.9 Å². The van der Waals surface area contributed by atoms with Gasteiger partial charge in [0.25, 0.3) is 5.91 Å². The van der Waals surface area contributed by atoms with Gasteiger partial charge >= 0.3 is 5.97 Å². The first-order chi connectivity index (χ1) is 12.9. The molecule has 27 heavy (non-hydrogen) atoms. The summed E-state index contributed by atoms with van der Waals surface area (Å²) in [5, 5.41) is 11.9. The SMILES string of the molecule is COC(=O)C1=C(Nc2ccc(S(=O)(=O)NC3CC3)cc2)C(=O)N(CCO)C1. The van der Waals surface area contributed by atoms with E-state index in [4.69, 9.17) is 9.84 Å². The number of anilines is 1. The van der Waals surface area contributed by atoms with Crippen LogP contribution in [0.3, 0.4) is 0 Å². The molecule has 0 spiro atoms. The van der Waals surface area contributed by atoms with Crippen LogP contribution in [0.25, 0.3) is 0 Å². The van der Waals surface area contributed by atoms with Crippen LogP contribution in [0, 0.1) is 0 Å². The highest BCUT2D eigenvalue weighted by atomic mass is 32.2. The number of β-amino-alcohol motifs (C(OH)–C–C–N with tert-alkyl or cyclic N) is 1. The highest BCUT2D eigenvalue weighted by Gasteiger charge is 2.34. The third-order valence-corrected chi connectivity index (χ3v) is 5.82. The zero-order valence-electron chi connectivity index (χ0n) is 14.8. The molecule has 0 bridgehead atoms. The summed E-state index contributed by atoms with van der Waals surface area (Å²) in [6.45, 7) is -0.102. The molecule has 0 atom stereocenters. The fraction of sp³-hybridized carbons (Fsp3) is 0.412. The lowest BCUT2D eigenvalue weighted by Crippen LogP contribution is -2.31. The largest absolute Gasteiger partial charge is 0.466 e. The van der Waals surface area contributed by atoms with E-state index in [1.165, 1.54) is 36.3 Å². The summed E-state index contributed by atoms with van der Waals surface area (Å²) in [6, 6.07) is 5.90. The Morgan fingerprint density at radius 1 is 1.30 bits per heavy atom. The van der Waals surface area contributed by atoms with Crippen molar-refractivity contribution in [3.8, 4) is 0 Å². The average Bonchev–Trinajstić information content (AvgIpc) is 3.40. The second-order valence-corrected chi connectivity index (χ2v) is 8.05. The maximum atomic E-state index is 12.5. The number of nitrogens with zero attached hydrogens (tertiary/aromatic N) is 1. The molecule has 1 aliphatic heterocycles. The van der Waals surface area contributed by atoms with Crippen molar-refractivity contribution in [2.45, 2.75) is 23.8 Å². The summed E-state index contributed by atoms with van der Waals surface area (Å²) >= 11 is 0. The number of aliphatic hydroxyl groups is 1. The van der Waals surface area contributed by atoms with Gasteiger partial charge in [-0.25, -0.2) is 17.9 Å². The van der Waals surface area contributed by atoms with Gasteiger partial charge in [0.15, 0.2) is 0 Å². The lowest BCUT2D eigenvalue weighted by atomic mass is 10.2. The summed E-state index contributed by atoms with van der Waals surface area (Å²) in [6.07, 6.45) is 1.69. The van der Waals surface area contributed by atoms with E-state index in [2.05, 4.69) is 10.0 Å². The summed E-state index contributed by atoms with van der Waals surface area (Å²) in [5.41, 5.74) is 0.668. The summed E-state index contributed by atoms with van der Waals surface area (Å²) < 4.78 is 31.7. The average molecular weight is 395 g/mol. The molecule has 146 valence electrons. The first kappa shape index (κ1) is 19.3. The van der Waals surface area contributed by atoms with E-state index in [1.807, 2.05) is 0 Å². The van der Waals surface area contributed by atoms with Gasteiger partial charge in [0, 0.05) is 18.3 Å². The monoisotopic (exact) mass is 395 g/mol. The number of carbonyl (C=O) groups excluding carboxylic acids is 2. The molecule has 1 amide bonds. The van der Waals surface area contributed by atoms with Crippen molar-refractivity contribution < 1.29 is 27.9 Å². The minimum Gasteiger partial charge on any atom is -0.466 e. The number of aliphatic hydroxyl groups excluding tert-OH is 1. The predicted molar refractivity (Wildman–Crippen MR) is 96.1 cm³/mol. The molecule has 1 heterocycles. The number of hydrogen-bond donors (Lipinski definition) is 3. The van der Waals surface area contributed by atoms with E-state index in [0.29, 0.717) is 5.69 Å². The molecule has 10 heteroatoms. The van der Waals surface area contributed by atoms with E-state index in [1.54, 1.807) is 0 Å². The number of nitrogens with one attached hydrogen (secondary N) is 2. The van der Waals surface area contributed by atoms with Crippen LogP contribution in [0.1, 0.15) is 12.8 Å². The van der Waals surface area contributed by atoms with Crippen LogP contribution in [0.15, 0.2) is 40.4 Å². The summed E-state index contributed by atoms with van der Waals surface area (Å²) in [4.78, 5) is 25.9. The molecular weight excluding hydrogens is 374 g/mol. The van der Waals surface area contributed by atoms with E-state index in [9.17, 15) is 18.0 Å². The molecule has 0 aromatic heterocycles. The van der Waals surface area contributed by atoms with Gasteiger partial charge in [-0.2, -0.15) is 0 Å². The van der Waals surface area contributed by atoms with Gasteiger partial charge in [-0.3, -0.25) is 4.79 Å². The van der Waals surface area contributed by atoms with Gasteiger partial charge in [0.05, 0.1) is 30.7 Å². The molecule has 1 aromatic carbocycles. The molecule has 0 saturated heterocycles. The fourth-order valence-corrected chi connectivity index (χ4v) is 4.00. The van der Waals surface area contributed by atoms with Crippen LogP contribution in [0.5, 0.6) is 0 Å². The Hall–Kier alpha value is -2.43. The number of benzene rings is 1. The van der Waals surface area contributed by atoms with Crippen molar-refractivity contribution in [1.29, 1.82) is 0 Å². The first-order valence-electron chi connectivity index (χ1n) is 8.46. The van der Waals surface area contributed by atoms with Crippen LogP contribution in [0.4, 0.5) is 5.69 Å². The number of rotatable bonds is 8. The van der Waals surface area contributed by atoms with Crippen LogP contribution < -0.4 is 10.0 Å². The highest BCUT2D eigenvalue weighted by molar-refractivity contribution is 7.89. The van der Waals surface area contributed by atoms with Gasteiger partial charge in [-0.15, -0.1) is 0 Å². The second kappa shape index (κ2) is 7.67. The molecule has 0 unspecified atom stereocenters. The number of methoxy groups -OCH3 is 1. The molecule has 1 saturated carbocycles. The Bertz CT molecular complexity index is 874. The maximum Gasteiger partial charge on any atom is 0.337 e. The predicted octanol–water partition coefficient (Wildman–Crippen LogP) is -0.199. The Labute approximate surface area is 157 Å². The summed E-state index contributed by atoms with van der Waals surface area (Å²) in [7, 11) is -2.34. The van der Waals surface area contributed by atoms with E-state index in [0.717, 1.165) is 12.8 Å². The Morgan fingerprint density at radius 2 is 1.96 bits per heavy atom. The smallest absolute Gasteiger partial charge is 0.337 e. The number of sulfonamides is 1. The molecule has 1 aliphatic carbocycles. The third-order valence-electron chi connectivity index (χ3n) is 4.29. The minimum absolute atomic E-state index is 0.00851. The molecule has 0 radical (unpaired) electrons. The van der Waals surface area contributed by atoms with Crippen molar-refractivity contribution in [1.82, 2.24) is 9.62 Å². The topological polar surface area (TPSA) is 125 Å². The van der Waals surface area contributed by atoms with E-state index >= 15 is 0 Å². The number of amides is 1. The zero-order chi connectivity index (χ0) is 19.6. The first-order valence-corrected chi connectivity index (χ1v) is 9.95. The maximum absolute atomic E-state index is 12.5. The van der Waals surface area contributed by atoms with Crippen molar-refractivity contribution >= 4 is 27.6 Å². The lowest BCUT2D eigenvalue weighted by molar-refractivity contribution is -0.136. The van der Waals surface area contributed by atoms with Crippen molar-refractivity contribution in [3.63, 3.8) is 0 Å². The quantitative estimate of drug-likeness (QED) is 0.521. The van der Waals surface area contributed by atoms with Gasteiger partial charge in [-0.05, 0) is 37.1 Å².